The number of nitrogens with one attached hydrogen (secondary N) is 3. The summed E-state index contributed by atoms with van der Waals surface area (Å²) in [6.07, 6.45) is 9.27. The molecular weight excluding hydrogens is 384 g/mol. The monoisotopic (exact) mass is 416 g/mol. The van der Waals surface area contributed by atoms with Crippen molar-refractivity contribution in [2.24, 2.45) is 28.3 Å². The first-order valence-electron chi connectivity index (χ1n) is 11.9. The second-order valence-electron chi connectivity index (χ2n) is 10.6. The smallest absolute Gasteiger partial charge is 0.258 e. The lowest BCUT2D eigenvalue weighted by atomic mass is 9.47. The van der Waals surface area contributed by atoms with Crippen molar-refractivity contribution < 1.29 is 4.79 Å². The minimum Gasteiger partial charge on any atom is -0.271 e. The molecule has 2 aromatic rings. The van der Waals surface area contributed by atoms with E-state index < -0.39 is 0 Å². The summed E-state index contributed by atoms with van der Waals surface area (Å²) in [5.41, 5.74) is 11.9. The number of carbonyl (C=O) groups excluding carboxylic acids is 1. The van der Waals surface area contributed by atoms with Gasteiger partial charge in [-0.2, -0.15) is 5.10 Å². The Morgan fingerprint density at radius 3 is 2.32 bits per heavy atom. The molecule has 162 valence electrons. The summed E-state index contributed by atoms with van der Waals surface area (Å²) in [6.45, 7) is 1.95. The molecule has 5 aliphatic rings. The first-order valence-corrected chi connectivity index (χ1v) is 11.9. The van der Waals surface area contributed by atoms with Gasteiger partial charge in [0.2, 0.25) is 0 Å². The van der Waals surface area contributed by atoms with Gasteiger partial charge in [-0.1, -0.05) is 36.4 Å². The molecule has 2 atom stereocenters. The van der Waals surface area contributed by atoms with Crippen LogP contribution in [0, 0.1) is 23.2 Å². The molecule has 7 rings (SSSR count). The van der Waals surface area contributed by atoms with Crippen LogP contribution in [0.5, 0.6) is 0 Å². The number of hydrazine groups is 1. The third-order valence-electron chi connectivity index (χ3n) is 8.55. The molecule has 2 aromatic carbocycles. The zero-order chi connectivity index (χ0) is 21.0. The van der Waals surface area contributed by atoms with Gasteiger partial charge in [0.1, 0.15) is 6.04 Å². The van der Waals surface area contributed by atoms with E-state index in [1.807, 2.05) is 19.1 Å². The van der Waals surface area contributed by atoms with Crippen LogP contribution in [0.3, 0.4) is 0 Å². The average molecular weight is 417 g/mol. The molecule has 3 N–H and O–H groups in total. The summed E-state index contributed by atoms with van der Waals surface area (Å²) in [5.74, 6) is 2.74. The largest absolute Gasteiger partial charge is 0.271 e. The molecule has 0 spiro atoms. The number of hydrogen-bond donors (Lipinski definition) is 3. The molecular formula is C26H32N4O. The molecule has 2 unspecified atom stereocenters. The molecule has 1 heterocycles. The number of rotatable bonds is 4. The number of amides is 1. The standard InChI is InChI=1S/C26H32N4O/c1-16(21-7-6-20-4-2-3-5-22(20)11-21)27-30-25(31)23-12-24(29-28-23)26-13-17-8-18(14-26)10-19(9-17)15-26/h2-7,11,17-19,23-24,28-29H,8-10,12-15H2,1H3,(H,30,31)/b27-16+. The highest BCUT2D eigenvalue weighted by molar-refractivity contribution is 6.02. The molecule has 1 aliphatic heterocycles. The van der Waals surface area contributed by atoms with Crippen LogP contribution in [0.25, 0.3) is 10.8 Å². The second-order valence-corrected chi connectivity index (χ2v) is 10.6. The molecule has 0 aromatic heterocycles. The van der Waals surface area contributed by atoms with Crippen LogP contribution in [0.1, 0.15) is 57.4 Å². The van der Waals surface area contributed by atoms with Gasteiger partial charge in [-0.3, -0.25) is 10.2 Å². The van der Waals surface area contributed by atoms with E-state index in [-0.39, 0.29) is 11.9 Å². The normalized spacial score (nSPS) is 36.8. The molecule has 5 nitrogen and oxygen atoms in total. The molecule has 31 heavy (non-hydrogen) atoms. The first-order chi connectivity index (χ1) is 15.1. The number of hydrogen-bond acceptors (Lipinski definition) is 4. The van der Waals surface area contributed by atoms with Gasteiger partial charge in [0, 0.05) is 6.04 Å². The van der Waals surface area contributed by atoms with Gasteiger partial charge in [-0.25, -0.2) is 10.9 Å². The average Bonchev–Trinajstić information content (AvgIpc) is 3.27. The van der Waals surface area contributed by atoms with Crippen molar-refractivity contribution >= 4 is 22.4 Å². The maximum Gasteiger partial charge on any atom is 0.258 e. The Labute approximate surface area is 184 Å². The van der Waals surface area contributed by atoms with Crippen LogP contribution in [0.2, 0.25) is 0 Å². The highest BCUT2D eigenvalue weighted by atomic mass is 16.2. The number of benzene rings is 2. The Hall–Kier alpha value is -2.24. The quantitative estimate of drug-likeness (QED) is 0.519. The van der Waals surface area contributed by atoms with Gasteiger partial charge >= 0.3 is 0 Å². The van der Waals surface area contributed by atoms with E-state index in [9.17, 15) is 4.79 Å². The zero-order valence-electron chi connectivity index (χ0n) is 18.2. The van der Waals surface area contributed by atoms with Crippen LogP contribution in [0.15, 0.2) is 47.6 Å². The fourth-order valence-electron chi connectivity index (χ4n) is 7.43. The lowest BCUT2D eigenvalue weighted by Gasteiger charge is -2.59. The van der Waals surface area contributed by atoms with E-state index in [1.54, 1.807) is 0 Å². The molecule has 4 bridgehead atoms. The van der Waals surface area contributed by atoms with E-state index >= 15 is 0 Å². The van der Waals surface area contributed by atoms with Crippen LogP contribution in [-0.2, 0) is 4.79 Å². The third-order valence-corrected chi connectivity index (χ3v) is 8.55. The van der Waals surface area contributed by atoms with Crippen molar-refractivity contribution in [3.05, 3.63) is 48.0 Å². The lowest BCUT2D eigenvalue weighted by Crippen LogP contribution is -2.55. The molecule has 0 radical (unpaired) electrons. The summed E-state index contributed by atoms with van der Waals surface area (Å²) in [6, 6.07) is 14.8. The van der Waals surface area contributed by atoms with Gasteiger partial charge in [0.25, 0.3) is 5.91 Å². The van der Waals surface area contributed by atoms with Crippen molar-refractivity contribution in [2.75, 3.05) is 0 Å². The van der Waals surface area contributed by atoms with E-state index in [0.29, 0.717) is 11.5 Å². The maximum atomic E-state index is 12.8. The van der Waals surface area contributed by atoms with Crippen molar-refractivity contribution in [1.82, 2.24) is 16.3 Å². The van der Waals surface area contributed by atoms with Crippen LogP contribution in [-0.4, -0.2) is 23.7 Å². The Morgan fingerprint density at radius 2 is 1.61 bits per heavy atom. The summed E-state index contributed by atoms with van der Waals surface area (Å²) in [5, 5.41) is 6.80. The van der Waals surface area contributed by atoms with Crippen molar-refractivity contribution in [3.8, 4) is 0 Å². The van der Waals surface area contributed by atoms with Crippen molar-refractivity contribution in [2.45, 2.75) is 64.0 Å². The minimum atomic E-state index is -0.217. The van der Waals surface area contributed by atoms with Crippen molar-refractivity contribution in [1.29, 1.82) is 0 Å². The molecule has 5 heteroatoms. The second kappa shape index (κ2) is 7.42. The Bertz CT molecular complexity index is 1010. The number of nitrogens with zero attached hydrogens (tertiary/aromatic N) is 1. The SMILES string of the molecule is C/C(=N\NC(=O)C1CC(C23CC4CC(CC(C4)C2)C3)NN1)c1ccc2ccccc2c1. The minimum absolute atomic E-state index is 0.0418. The van der Waals surface area contributed by atoms with Crippen LogP contribution in [0.4, 0.5) is 0 Å². The van der Waals surface area contributed by atoms with E-state index in [0.717, 1.165) is 35.4 Å². The van der Waals surface area contributed by atoms with Gasteiger partial charge in [0.05, 0.1) is 5.71 Å². The summed E-state index contributed by atoms with van der Waals surface area (Å²) in [7, 11) is 0. The summed E-state index contributed by atoms with van der Waals surface area (Å²) in [4.78, 5) is 12.8. The van der Waals surface area contributed by atoms with E-state index in [4.69, 9.17) is 0 Å². The van der Waals surface area contributed by atoms with Gasteiger partial charge in [0.15, 0.2) is 0 Å². The van der Waals surface area contributed by atoms with Gasteiger partial charge < -0.3 is 0 Å². The van der Waals surface area contributed by atoms with Crippen LogP contribution >= 0.6 is 0 Å². The predicted octanol–water partition coefficient (Wildman–Crippen LogP) is 4.13. The highest BCUT2D eigenvalue weighted by Crippen LogP contribution is 2.61. The Morgan fingerprint density at radius 1 is 0.935 bits per heavy atom. The molecule has 5 fully saturated rings. The first kappa shape index (κ1) is 19.4. The molecule has 1 amide bonds. The number of fused-ring (bicyclic) bond motifs is 1. The van der Waals surface area contributed by atoms with E-state index in [1.165, 1.54) is 49.3 Å². The van der Waals surface area contributed by atoms with E-state index in [2.05, 4.69) is 51.7 Å². The number of hydrazone groups is 1. The van der Waals surface area contributed by atoms with Crippen LogP contribution < -0.4 is 16.3 Å². The number of carbonyl (C=O) groups is 1. The molecule has 4 saturated carbocycles. The van der Waals surface area contributed by atoms with Crippen molar-refractivity contribution in [3.63, 3.8) is 0 Å². The Balaban J connectivity index is 1.11. The zero-order valence-corrected chi connectivity index (χ0v) is 18.2. The van der Waals surface area contributed by atoms with Gasteiger partial charge in [-0.05, 0) is 97.4 Å². The fraction of sp³-hybridized carbons (Fsp3) is 0.538. The summed E-state index contributed by atoms with van der Waals surface area (Å²) >= 11 is 0. The predicted molar refractivity (Wildman–Crippen MR) is 123 cm³/mol. The van der Waals surface area contributed by atoms with Gasteiger partial charge in [-0.15, -0.1) is 0 Å². The lowest BCUT2D eigenvalue weighted by molar-refractivity contribution is -0.123. The topological polar surface area (TPSA) is 65.5 Å². The highest BCUT2D eigenvalue weighted by Gasteiger charge is 2.55. The third kappa shape index (κ3) is 3.48. The summed E-state index contributed by atoms with van der Waals surface area (Å²) < 4.78 is 0. The molecule has 4 aliphatic carbocycles. The fourth-order valence-corrected chi connectivity index (χ4v) is 7.43. The maximum absolute atomic E-state index is 12.8. The molecule has 1 saturated heterocycles. The Kier molecular flexibility index (Phi) is 4.65.